The molecule has 1 atom stereocenters. The number of sulfonamides is 1. The lowest BCUT2D eigenvalue weighted by molar-refractivity contribution is 0.0970. The van der Waals surface area contributed by atoms with Gasteiger partial charge in [-0.15, -0.1) is 0 Å². The molecular weight excluding hydrogens is 388 g/mol. The van der Waals surface area contributed by atoms with Gasteiger partial charge in [0.05, 0.1) is 30.3 Å². The Bertz CT molecular complexity index is 881. The summed E-state index contributed by atoms with van der Waals surface area (Å²) in [6, 6.07) is 15.3. The van der Waals surface area contributed by atoms with E-state index in [9.17, 15) is 13.5 Å². The van der Waals surface area contributed by atoms with Crippen LogP contribution in [0.4, 0.5) is 5.69 Å². The zero-order valence-corrected chi connectivity index (χ0v) is 17.9. The lowest BCUT2D eigenvalue weighted by Gasteiger charge is -2.33. The Morgan fingerprint density at radius 3 is 2.38 bits per heavy atom. The van der Waals surface area contributed by atoms with Crippen molar-refractivity contribution < 1.29 is 18.3 Å². The van der Waals surface area contributed by atoms with E-state index in [0.717, 1.165) is 25.9 Å². The van der Waals surface area contributed by atoms with E-state index in [1.54, 1.807) is 54.6 Å². The molecule has 0 bridgehead atoms. The maximum absolute atomic E-state index is 13.4. The Hall–Kier alpha value is -2.09. The van der Waals surface area contributed by atoms with Crippen molar-refractivity contribution in [3.63, 3.8) is 0 Å². The number of ether oxygens (including phenoxy) is 1. The van der Waals surface area contributed by atoms with E-state index in [1.807, 2.05) is 0 Å². The fourth-order valence-corrected chi connectivity index (χ4v) is 5.21. The summed E-state index contributed by atoms with van der Waals surface area (Å²) in [5.41, 5.74) is 0.421. The number of β-amino-alcohol motifs (C(OH)–C–C–N with tert-alkyl or cyclic N) is 1. The van der Waals surface area contributed by atoms with Gasteiger partial charge in [0.2, 0.25) is 0 Å². The molecule has 0 radical (unpaired) electrons. The summed E-state index contributed by atoms with van der Waals surface area (Å²) in [4.78, 5) is 2.39. The Morgan fingerprint density at radius 1 is 1.10 bits per heavy atom. The number of aliphatic hydroxyl groups excluding tert-OH is 1. The number of hydrogen-bond acceptors (Lipinski definition) is 5. The van der Waals surface area contributed by atoms with Gasteiger partial charge in [0.25, 0.3) is 10.0 Å². The lowest BCUT2D eigenvalue weighted by atomic mass is 9.99. The number of methoxy groups -OCH3 is 1. The second kappa shape index (κ2) is 9.61. The summed E-state index contributed by atoms with van der Waals surface area (Å²) in [6.45, 7) is 4.51. The number of para-hydroxylation sites is 2. The third kappa shape index (κ3) is 5.29. The molecule has 0 unspecified atom stereocenters. The van der Waals surface area contributed by atoms with Crippen LogP contribution in [-0.2, 0) is 10.0 Å². The molecule has 2 aromatic carbocycles. The Balaban J connectivity index is 1.87. The van der Waals surface area contributed by atoms with Crippen LogP contribution < -0.4 is 9.04 Å². The number of piperidine rings is 1. The van der Waals surface area contributed by atoms with Gasteiger partial charge in [0, 0.05) is 6.54 Å². The summed E-state index contributed by atoms with van der Waals surface area (Å²) in [5, 5.41) is 10.8. The van der Waals surface area contributed by atoms with Gasteiger partial charge in [-0.25, -0.2) is 8.42 Å². The Labute approximate surface area is 173 Å². The van der Waals surface area contributed by atoms with Gasteiger partial charge in [-0.2, -0.15) is 0 Å². The average molecular weight is 419 g/mol. The van der Waals surface area contributed by atoms with Gasteiger partial charge in [-0.05, 0) is 56.1 Å². The minimum Gasteiger partial charge on any atom is -0.495 e. The molecule has 1 saturated heterocycles. The first kappa shape index (κ1) is 21.6. The van der Waals surface area contributed by atoms with Crippen LogP contribution in [0.3, 0.4) is 0 Å². The number of nitrogens with zero attached hydrogens (tertiary/aromatic N) is 2. The Morgan fingerprint density at radius 2 is 1.72 bits per heavy atom. The standard InChI is InChI=1S/C22H30N2O4S/c1-18-12-14-23(15-13-18)16-19(25)17-24(21-10-6-7-11-22(21)28-2)29(26,27)20-8-4-3-5-9-20/h3-11,18-19,25H,12-17H2,1-2H3/t19-/m1/s1. The third-order valence-corrected chi connectivity index (χ3v) is 7.20. The number of rotatable bonds is 8. The predicted molar refractivity (Wildman–Crippen MR) is 115 cm³/mol. The number of likely N-dealkylation sites (tertiary alicyclic amines) is 1. The van der Waals surface area contributed by atoms with Crippen LogP contribution in [0, 0.1) is 5.92 Å². The average Bonchev–Trinajstić information content (AvgIpc) is 2.74. The summed E-state index contributed by atoms with van der Waals surface area (Å²) < 4.78 is 33.5. The molecule has 0 spiro atoms. The van der Waals surface area contributed by atoms with Crippen molar-refractivity contribution in [1.82, 2.24) is 4.90 Å². The van der Waals surface area contributed by atoms with Crippen molar-refractivity contribution in [1.29, 1.82) is 0 Å². The van der Waals surface area contributed by atoms with Crippen molar-refractivity contribution in [2.24, 2.45) is 5.92 Å². The van der Waals surface area contributed by atoms with Gasteiger partial charge in [-0.3, -0.25) is 4.31 Å². The summed E-state index contributed by atoms with van der Waals surface area (Å²) in [6.07, 6.45) is 1.39. The molecule has 1 heterocycles. The van der Waals surface area contributed by atoms with Crippen LogP contribution in [0.2, 0.25) is 0 Å². The number of benzene rings is 2. The highest BCUT2D eigenvalue weighted by Crippen LogP contribution is 2.32. The van der Waals surface area contributed by atoms with E-state index in [4.69, 9.17) is 4.74 Å². The topological polar surface area (TPSA) is 70.1 Å². The summed E-state index contributed by atoms with van der Waals surface area (Å²) in [5.74, 6) is 1.15. The van der Waals surface area contributed by atoms with Crippen LogP contribution in [-0.4, -0.2) is 57.8 Å². The first-order valence-electron chi connectivity index (χ1n) is 10.0. The normalized spacial score (nSPS) is 17.1. The minimum absolute atomic E-state index is 0.0380. The molecule has 1 aliphatic rings. The van der Waals surface area contributed by atoms with Crippen molar-refractivity contribution in [2.75, 3.05) is 37.6 Å². The highest BCUT2D eigenvalue weighted by Gasteiger charge is 2.30. The van der Waals surface area contributed by atoms with E-state index >= 15 is 0 Å². The van der Waals surface area contributed by atoms with Gasteiger partial charge < -0.3 is 14.7 Å². The number of hydrogen-bond donors (Lipinski definition) is 1. The lowest BCUT2D eigenvalue weighted by Crippen LogP contribution is -2.45. The summed E-state index contributed by atoms with van der Waals surface area (Å²) in [7, 11) is -2.35. The largest absolute Gasteiger partial charge is 0.495 e. The van der Waals surface area contributed by atoms with Gasteiger partial charge >= 0.3 is 0 Å². The highest BCUT2D eigenvalue weighted by molar-refractivity contribution is 7.92. The second-order valence-electron chi connectivity index (χ2n) is 7.66. The van der Waals surface area contributed by atoms with E-state index in [2.05, 4.69) is 11.8 Å². The van der Waals surface area contributed by atoms with Crippen molar-refractivity contribution in [3.05, 3.63) is 54.6 Å². The molecule has 3 rings (SSSR count). The number of aliphatic hydroxyl groups is 1. The van der Waals surface area contributed by atoms with E-state index in [0.29, 0.717) is 23.9 Å². The zero-order chi connectivity index (χ0) is 20.9. The van der Waals surface area contributed by atoms with Gasteiger partial charge in [0.15, 0.2) is 0 Å². The highest BCUT2D eigenvalue weighted by atomic mass is 32.2. The smallest absolute Gasteiger partial charge is 0.264 e. The third-order valence-electron chi connectivity index (χ3n) is 5.41. The fraction of sp³-hybridized carbons (Fsp3) is 0.455. The van der Waals surface area contributed by atoms with Crippen LogP contribution in [0.1, 0.15) is 19.8 Å². The summed E-state index contributed by atoms with van der Waals surface area (Å²) >= 11 is 0. The van der Waals surface area contributed by atoms with Gasteiger partial charge in [0.1, 0.15) is 5.75 Å². The molecule has 0 aromatic heterocycles. The van der Waals surface area contributed by atoms with E-state index in [1.165, 1.54) is 11.4 Å². The molecule has 0 aliphatic carbocycles. The zero-order valence-electron chi connectivity index (χ0n) is 17.1. The van der Waals surface area contributed by atoms with Crippen molar-refractivity contribution in [3.8, 4) is 5.75 Å². The first-order valence-corrected chi connectivity index (χ1v) is 11.5. The molecule has 158 valence electrons. The minimum atomic E-state index is -3.86. The molecule has 1 N–H and O–H groups in total. The Kier molecular flexibility index (Phi) is 7.16. The fourth-order valence-electron chi connectivity index (χ4n) is 3.67. The molecule has 1 aliphatic heterocycles. The predicted octanol–water partition coefficient (Wildman–Crippen LogP) is 2.98. The van der Waals surface area contributed by atoms with Crippen molar-refractivity contribution in [2.45, 2.75) is 30.8 Å². The molecule has 1 fully saturated rings. The number of anilines is 1. The van der Waals surface area contributed by atoms with Crippen LogP contribution in [0.25, 0.3) is 0 Å². The van der Waals surface area contributed by atoms with Crippen LogP contribution in [0.5, 0.6) is 5.75 Å². The maximum Gasteiger partial charge on any atom is 0.264 e. The van der Waals surface area contributed by atoms with Crippen molar-refractivity contribution >= 4 is 15.7 Å². The van der Waals surface area contributed by atoms with E-state index in [-0.39, 0.29) is 11.4 Å². The van der Waals surface area contributed by atoms with Crippen LogP contribution in [0.15, 0.2) is 59.5 Å². The molecule has 0 saturated carbocycles. The van der Waals surface area contributed by atoms with Gasteiger partial charge in [-0.1, -0.05) is 37.3 Å². The molecule has 0 amide bonds. The van der Waals surface area contributed by atoms with Crippen LogP contribution >= 0.6 is 0 Å². The quantitative estimate of drug-likeness (QED) is 0.714. The molecule has 6 nitrogen and oxygen atoms in total. The monoisotopic (exact) mass is 418 g/mol. The SMILES string of the molecule is COc1ccccc1N(C[C@H](O)CN1CCC(C)CC1)S(=O)(=O)c1ccccc1. The first-order chi connectivity index (χ1) is 13.9. The molecule has 29 heavy (non-hydrogen) atoms. The van der Waals surface area contributed by atoms with E-state index < -0.39 is 16.1 Å². The molecular formula is C22H30N2O4S. The molecule has 7 heteroatoms. The second-order valence-corrected chi connectivity index (χ2v) is 9.52. The molecule has 2 aromatic rings. The maximum atomic E-state index is 13.4.